The Morgan fingerprint density at radius 3 is 3.06 bits per heavy atom. The number of nitrogens with zero attached hydrogens (tertiary/aromatic N) is 1. The molecule has 5 nitrogen and oxygen atoms in total. The van der Waals surface area contributed by atoms with Crippen molar-refractivity contribution >= 4 is 5.82 Å². The number of aromatic nitrogens is 2. The molecular formula is C11H18N4O. The lowest BCUT2D eigenvalue weighted by Crippen LogP contribution is -2.22. The predicted octanol–water partition coefficient (Wildman–Crippen LogP) is 0.796. The maximum atomic E-state index is 11.4. The lowest BCUT2D eigenvalue weighted by molar-refractivity contribution is 0.710. The van der Waals surface area contributed by atoms with Gasteiger partial charge in [0.05, 0.1) is 0 Å². The Bertz CT molecular complexity index is 411. The number of nitrogens with two attached hydrogens (primary N) is 1. The van der Waals surface area contributed by atoms with Crippen LogP contribution in [-0.4, -0.2) is 22.6 Å². The van der Waals surface area contributed by atoms with E-state index in [0.717, 1.165) is 25.1 Å². The molecule has 0 saturated heterocycles. The van der Waals surface area contributed by atoms with E-state index in [1.165, 1.54) is 6.07 Å². The van der Waals surface area contributed by atoms with Gasteiger partial charge in [0.2, 0.25) is 0 Å². The van der Waals surface area contributed by atoms with E-state index in [-0.39, 0.29) is 11.6 Å². The molecule has 5 heteroatoms. The van der Waals surface area contributed by atoms with Gasteiger partial charge in [0.1, 0.15) is 11.6 Å². The molecule has 1 atom stereocenters. The highest BCUT2D eigenvalue weighted by molar-refractivity contribution is 5.35. The molecule has 1 heterocycles. The zero-order valence-corrected chi connectivity index (χ0v) is 9.49. The van der Waals surface area contributed by atoms with Crippen molar-refractivity contribution in [3.05, 3.63) is 22.2 Å². The third kappa shape index (κ3) is 2.82. The van der Waals surface area contributed by atoms with Crippen LogP contribution in [0.4, 0.5) is 5.82 Å². The molecule has 1 saturated carbocycles. The van der Waals surface area contributed by atoms with Crippen molar-refractivity contribution in [1.82, 2.24) is 9.97 Å². The van der Waals surface area contributed by atoms with Gasteiger partial charge in [-0.2, -0.15) is 0 Å². The van der Waals surface area contributed by atoms with Crippen molar-refractivity contribution in [2.24, 2.45) is 5.73 Å². The molecule has 4 N–H and O–H groups in total. The van der Waals surface area contributed by atoms with E-state index in [1.807, 2.05) is 6.92 Å². The van der Waals surface area contributed by atoms with Gasteiger partial charge in [-0.3, -0.25) is 4.79 Å². The second kappa shape index (κ2) is 4.65. The number of hydrogen-bond acceptors (Lipinski definition) is 4. The summed E-state index contributed by atoms with van der Waals surface area (Å²) in [5.41, 5.74) is 5.39. The number of anilines is 1. The molecule has 16 heavy (non-hydrogen) atoms. The van der Waals surface area contributed by atoms with Crippen LogP contribution in [0.25, 0.3) is 0 Å². The number of hydrogen-bond donors (Lipinski definition) is 3. The number of H-pyrrole nitrogens is 1. The topological polar surface area (TPSA) is 83.8 Å². The van der Waals surface area contributed by atoms with Crippen molar-refractivity contribution in [2.45, 2.75) is 38.1 Å². The number of nitrogens with one attached hydrogen (secondary N) is 2. The van der Waals surface area contributed by atoms with Gasteiger partial charge >= 0.3 is 0 Å². The fourth-order valence-corrected chi connectivity index (χ4v) is 1.68. The standard InChI is InChI=1S/C11H18N4O/c1-7(4-5-12)13-9-6-10(16)15-11(14-9)8-2-3-8/h6-8H,2-5,12H2,1H3,(H2,13,14,15,16). The lowest BCUT2D eigenvalue weighted by Gasteiger charge is -2.13. The molecule has 0 radical (unpaired) electrons. The maximum Gasteiger partial charge on any atom is 0.252 e. The van der Waals surface area contributed by atoms with Crippen molar-refractivity contribution < 1.29 is 0 Å². The van der Waals surface area contributed by atoms with Crippen LogP contribution in [0.15, 0.2) is 10.9 Å². The summed E-state index contributed by atoms with van der Waals surface area (Å²) in [6.45, 7) is 2.67. The summed E-state index contributed by atoms with van der Waals surface area (Å²) in [6, 6.07) is 1.74. The molecule has 0 bridgehead atoms. The quantitative estimate of drug-likeness (QED) is 0.688. The van der Waals surface area contributed by atoms with Crippen molar-refractivity contribution in [3.63, 3.8) is 0 Å². The summed E-state index contributed by atoms with van der Waals surface area (Å²) >= 11 is 0. The molecular weight excluding hydrogens is 204 g/mol. The van der Waals surface area contributed by atoms with Crippen LogP contribution in [-0.2, 0) is 0 Å². The van der Waals surface area contributed by atoms with Crippen LogP contribution in [0.2, 0.25) is 0 Å². The van der Waals surface area contributed by atoms with Crippen LogP contribution in [0, 0.1) is 0 Å². The first kappa shape index (κ1) is 11.1. The first-order valence-electron chi connectivity index (χ1n) is 5.77. The fourth-order valence-electron chi connectivity index (χ4n) is 1.68. The van der Waals surface area contributed by atoms with Crippen molar-refractivity contribution in [2.75, 3.05) is 11.9 Å². The average molecular weight is 222 g/mol. The van der Waals surface area contributed by atoms with Crippen LogP contribution < -0.4 is 16.6 Å². The van der Waals surface area contributed by atoms with Gasteiger partial charge in [-0.05, 0) is 32.7 Å². The van der Waals surface area contributed by atoms with E-state index in [2.05, 4.69) is 15.3 Å². The van der Waals surface area contributed by atoms with Crippen molar-refractivity contribution in [3.8, 4) is 0 Å². The Kier molecular flexibility index (Phi) is 3.24. The molecule has 0 amide bonds. The highest BCUT2D eigenvalue weighted by Gasteiger charge is 2.26. The van der Waals surface area contributed by atoms with E-state index < -0.39 is 0 Å². The Balaban J connectivity index is 2.10. The SMILES string of the molecule is CC(CCN)Nc1cc(=O)[nH]c(C2CC2)n1. The summed E-state index contributed by atoms with van der Waals surface area (Å²) < 4.78 is 0. The first-order chi connectivity index (χ1) is 7.69. The number of rotatable bonds is 5. The van der Waals surface area contributed by atoms with Gasteiger partial charge in [0, 0.05) is 18.0 Å². The Morgan fingerprint density at radius 1 is 1.69 bits per heavy atom. The zero-order chi connectivity index (χ0) is 11.5. The summed E-state index contributed by atoms with van der Waals surface area (Å²) in [5.74, 6) is 1.93. The van der Waals surface area contributed by atoms with Crippen LogP contribution >= 0.6 is 0 Å². The first-order valence-corrected chi connectivity index (χ1v) is 5.77. The van der Waals surface area contributed by atoms with Gasteiger partial charge < -0.3 is 16.0 Å². The van der Waals surface area contributed by atoms with E-state index in [1.54, 1.807) is 0 Å². The summed E-state index contributed by atoms with van der Waals surface area (Å²) in [5, 5.41) is 3.20. The highest BCUT2D eigenvalue weighted by Crippen LogP contribution is 2.37. The van der Waals surface area contributed by atoms with E-state index >= 15 is 0 Å². The molecule has 1 fully saturated rings. The molecule has 1 aliphatic rings. The highest BCUT2D eigenvalue weighted by atomic mass is 16.1. The minimum Gasteiger partial charge on any atom is -0.367 e. The molecule has 1 aromatic heterocycles. The van der Waals surface area contributed by atoms with E-state index in [4.69, 9.17) is 5.73 Å². The molecule has 1 unspecified atom stereocenters. The molecule has 0 spiro atoms. The number of aromatic amines is 1. The van der Waals surface area contributed by atoms with Gasteiger partial charge in [-0.15, -0.1) is 0 Å². The largest absolute Gasteiger partial charge is 0.367 e. The van der Waals surface area contributed by atoms with E-state index in [9.17, 15) is 4.79 Å². The van der Waals surface area contributed by atoms with Gasteiger partial charge in [0.25, 0.3) is 5.56 Å². The predicted molar refractivity (Wildman–Crippen MR) is 63.6 cm³/mol. The summed E-state index contributed by atoms with van der Waals surface area (Å²) in [6.07, 6.45) is 3.13. The molecule has 2 rings (SSSR count). The molecule has 0 aromatic carbocycles. The van der Waals surface area contributed by atoms with Crippen LogP contribution in [0.1, 0.15) is 37.9 Å². The third-order valence-corrected chi connectivity index (χ3v) is 2.72. The van der Waals surface area contributed by atoms with Gasteiger partial charge in [-0.25, -0.2) is 4.98 Å². The van der Waals surface area contributed by atoms with Gasteiger partial charge in [-0.1, -0.05) is 0 Å². The van der Waals surface area contributed by atoms with Crippen LogP contribution in [0.5, 0.6) is 0 Å². The van der Waals surface area contributed by atoms with Crippen molar-refractivity contribution in [1.29, 1.82) is 0 Å². The normalized spacial score (nSPS) is 17.1. The van der Waals surface area contributed by atoms with E-state index in [0.29, 0.717) is 18.3 Å². The molecule has 0 aliphatic heterocycles. The maximum absolute atomic E-state index is 11.4. The minimum atomic E-state index is -0.0839. The zero-order valence-electron chi connectivity index (χ0n) is 9.49. The molecule has 1 aliphatic carbocycles. The second-order valence-corrected chi connectivity index (χ2v) is 4.41. The Labute approximate surface area is 94.5 Å². The second-order valence-electron chi connectivity index (χ2n) is 4.41. The summed E-state index contributed by atoms with van der Waals surface area (Å²) in [7, 11) is 0. The molecule has 1 aromatic rings. The minimum absolute atomic E-state index is 0.0839. The smallest absolute Gasteiger partial charge is 0.252 e. The Hall–Kier alpha value is -1.36. The fraction of sp³-hybridized carbons (Fsp3) is 0.636. The van der Waals surface area contributed by atoms with Gasteiger partial charge in [0.15, 0.2) is 0 Å². The lowest BCUT2D eigenvalue weighted by atomic mass is 10.2. The van der Waals surface area contributed by atoms with Crippen LogP contribution in [0.3, 0.4) is 0 Å². The molecule has 88 valence electrons. The third-order valence-electron chi connectivity index (χ3n) is 2.72. The monoisotopic (exact) mass is 222 g/mol. The Morgan fingerprint density at radius 2 is 2.44 bits per heavy atom. The average Bonchev–Trinajstić information content (AvgIpc) is 2.99. The summed E-state index contributed by atoms with van der Waals surface area (Å²) in [4.78, 5) is 18.6.